The Morgan fingerprint density at radius 3 is 2.43 bits per heavy atom. The molecule has 162 valence electrons. The van der Waals surface area contributed by atoms with Crippen LogP contribution in [-0.4, -0.2) is 64.3 Å². The Labute approximate surface area is 172 Å². The minimum atomic E-state index is -1.26. The van der Waals surface area contributed by atoms with Crippen LogP contribution in [0, 0.1) is 5.82 Å². The van der Waals surface area contributed by atoms with Crippen LogP contribution in [0.3, 0.4) is 0 Å². The maximum atomic E-state index is 13.2. The van der Waals surface area contributed by atoms with Gasteiger partial charge < -0.3 is 25.0 Å². The van der Waals surface area contributed by atoms with Gasteiger partial charge in [0.05, 0.1) is 5.69 Å². The first-order chi connectivity index (χ1) is 14.3. The third-order valence-corrected chi connectivity index (χ3v) is 4.61. The first-order valence-electron chi connectivity index (χ1n) is 9.41. The molecule has 2 heterocycles. The van der Waals surface area contributed by atoms with Crippen LogP contribution in [0.1, 0.15) is 31.4 Å². The normalized spacial score (nSPS) is 15.0. The van der Waals surface area contributed by atoms with Gasteiger partial charge in [-0.2, -0.15) is 0 Å². The fourth-order valence-electron chi connectivity index (χ4n) is 3.19. The topological polar surface area (TPSA) is 133 Å². The molecule has 0 aliphatic carbocycles. The lowest BCUT2D eigenvalue weighted by Gasteiger charge is -2.31. The van der Waals surface area contributed by atoms with Gasteiger partial charge in [0.1, 0.15) is 5.82 Å². The van der Waals surface area contributed by atoms with Gasteiger partial charge in [0, 0.05) is 49.5 Å². The third-order valence-electron chi connectivity index (χ3n) is 4.61. The number of carboxylic acid groups (broad SMARTS) is 2. The predicted molar refractivity (Wildman–Crippen MR) is 105 cm³/mol. The average Bonchev–Trinajstić information content (AvgIpc) is 3.10. The zero-order valence-corrected chi connectivity index (χ0v) is 16.5. The van der Waals surface area contributed by atoms with E-state index in [9.17, 15) is 18.8 Å². The van der Waals surface area contributed by atoms with Crippen molar-refractivity contribution in [1.29, 1.82) is 0 Å². The molecule has 1 saturated heterocycles. The van der Waals surface area contributed by atoms with E-state index >= 15 is 0 Å². The van der Waals surface area contributed by atoms with Crippen molar-refractivity contribution in [1.82, 2.24) is 15.4 Å². The number of aromatic nitrogens is 1. The molecule has 2 aromatic rings. The number of fused-ring (bicyclic) bond motifs is 1. The minimum absolute atomic E-state index is 0.0104. The van der Waals surface area contributed by atoms with Crippen LogP contribution in [0.25, 0.3) is 11.0 Å². The molecular weight excluding hydrogens is 397 g/mol. The average molecular weight is 421 g/mol. The molecule has 1 aromatic heterocycles. The summed E-state index contributed by atoms with van der Waals surface area (Å²) in [6.45, 7) is 5.04. The number of hydrogen-bond donors (Lipinski definition) is 3. The lowest BCUT2D eigenvalue weighted by molar-refractivity contribution is -0.134. The third kappa shape index (κ3) is 7.28. The summed E-state index contributed by atoms with van der Waals surface area (Å²) in [7, 11) is 0. The minimum Gasteiger partial charge on any atom is -0.478 e. The number of hydrogen-bond acceptors (Lipinski definition) is 6. The Hall–Kier alpha value is -3.27. The van der Waals surface area contributed by atoms with Crippen molar-refractivity contribution in [3.8, 4) is 0 Å². The number of halogens is 1. The molecule has 1 aromatic carbocycles. The number of nitrogens with one attached hydrogen (secondary N) is 1. The van der Waals surface area contributed by atoms with Crippen LogP contribution < -0.4 is 5.32 Å². The Kier molecular flexibility index (Phi) is 8.48. The van der Waals surface area contributed by atoms with Crippen LogP contribution in [0.2, 0.25) is 0 Å². The molecule has 1 aliphatic rings. The molecule has 3 rings (SSSR count). The van der Waals surface area contributed by atoms with E-state index in [2.05, 4.69) is 15.4 Å². The Bertz CT molecular complexity index is 902. The van der Waals surface area contributed by atoms with E-state index in [1.54, 1.807) is 6.07 Å². The Morgan fingerprint density at radius 2 is 1.87 bits per heavy atom. The van der Waals surface area contributed by atoms with Gasteiger partial charge in [-0.3, -0.25) is 4.79 Å². The number of piperidine rings is 1. The van der Waals surface area contributed by atoms with Crippen LogP contribution in [-0.2, 0) is 14.4 Å². The Balaban J connectivity index is 0.000000343. The molecule has 0 saturated carbocycles. The van der Waals surface area contributed by atoms with Crippen molar-refractivity contribution in [2.75, 3.05) is 26.2 Å². The van der Waals surface area contributed by atoms with Crippen molar-refractivity contribution >= 4 is 28.8 Å². The van der Waals surface area contributed by atoms with Crippen LogP contribution in [0.5, 0.6) is 0 Å². The standard InChI is InChI=1S/C16H20FN3O2.C4H4O4/c1-11(21)18-6-9-20-7-4-12(5-8-20)16-14-3-2-13(17)10-15(14)22-19-16;5-3(6)1-2-4(7)8/h2-3,10,12H,4-9H2,1H3,(H,18,21);1-2H,(H,5,6)(H,7,8)/b;2-1+. The van der Waals surface area contributed by atoms with Gasteiger partial charge in [-0.25, -0.2) is 14.0 Å². The van der Waals surface area contributed by atoms with Crippen LogP contribution in [0.4, 0.5) is 4.39 Å². The number of amides is 1. The second-order valence-corrected chi connectivity index (χ2v) is 6.82. The molecule has 0 atom stereocenters. The molecule has 3 N–H and O–H groups in total. The lowest BCUT2D eigenvalue weighted by Crippen LogP contribution is -2.38. The quantitative estimate of drug-likeness (QED) is 0.603. The van der Waals surface area contributed by atoms with E-state index in [0.717, 1.165) is 43.6 Å². The van der Waals surface area contributed by atoms with E-state index < -0.39 is 11.9 Å². The number of benzene rings is 1. The highest BCUT2D eigenvalue weighted by Gasteiger charge is 2.24. The van der Waals surface area contributed by atoms with Crippen LogP contribution in [0.15, 0.2) is 34.9 Å². The number of aliphatic carboxylic acids is 2. The summed E-state index contributed by atoms with van der Waals surface area (Å²) in [5.74, 6) is -2.46. The highest BCUT2D eigenvalue weighted by atomic mass is 19.1. The molecule has 1 aliphatic heterocycles. The van der Waals surface area contributed by atoms with Gasteiger partial charge >= 0.3 is 11.9 Å². The van der Waals surface area contributed by atoms with Crippen molar-refractivity contribution < 1.29 is 33.5 Å². The smallest absolute Gasteiger partial charge is 0.328 e. The van der Waals surface area contributed by atoms with E-state index in [0.29, 0.717) is 30.2 Å². The number of rotatable bonds is 6. The molecule has 10 heteroatoms. The van der Waals surface area contributed by atoms with Gasteiger partial charge in [-0.1, -0.05) is 5.16 Å². The molecule has 0 radical (unpaired) electrons. The number of carbonyl (C=O) groups is 3. The summed E-state index contributed by atoms with van der Waals surface area (Å²) >= 11 is 0. The van der Waals surface area contributed by atoms with Crippen molar-refractivity contribution in [3.63, 3.8) is 0 Å². The van der Waals surface area contributed by atoms with Crippen molar-refractivity contribution in [2.45, 2.75) is 25.7 Å². The molecular formula is C20H24FN3O6. The van der Waals surface area contributed by atoms with Crippen LogP contribution >= 0.6 is 0 Å². The zero-order valence-electron chi connectivity index (χ0n) is 16.5. The molecule has 0 spiro atoms. The SMILES string of the molecule is CC(=O)NCCN1CCC(c2noc3cc(F)ccc23)CC1.O=C(O)/C=C/C(=O)O. The summed E-state index contributed by atoms with van der Waals surface area (Å²) < 4.78 is 18.4. The molecule has 30 heavy (non-hydrogen) atoms. The van der Waals surface area contributed by atoms with E-state index in [1.807, 2.05) is 0 Å². The van der Waals surface area contributed by atoms with Crippen molar-refractivity contribution in [2.24, 2.45) is 0 Å². The summed E-state index contributed by atoms with van der Waals surface area (Å²) in [5.41, 5.74) is 1.46. The summed E-state index contributed by atoms with van der Waals surface area (Å²) in [4.78, 5) is 32.3. The number of carboxylic acids is 2. The Morgan fingerprint density at radius 1 is 1.23 bits per heavy atom. The second-order valence-electron chi connectivity index (χ2n) is 6.82. The molecule has 0 bridgehead atoms. The molecule has 1 amide bonds. The zero-order chi connectivity index (χ0) is 22.1. The first kappa shape index (κ1) is 23.0. The molecule has 1 fully saturated rings. The number of carbonyl (C=O) groups excluding carboxylic acids is 1. The number of nitrogens with zero attached hydrogens (tertiary/aromatic N) is 2. The first-order valence-corrected chi connectivity index (χ1v) is 9.41. The van der Waals surface area contributed by atoms with E-state index in [1.165, 1.54) is 19.1 Å². The fraction of sp³-hybridized carbons (Fsp3) is 0.400. The monoisotopic (exact) mass is 421 g/mol. The van der Waals surface area contributed by atoms with Crippen molar-refractivity contribution in [3.05, 3.63) is 41.9 Å². The van der Waals surface area contributed by atoms with Gasteiger partial charge in [0.25, 0.3) is 0 Å². The fourth-order valence-corrected chi connectivity index (χ4v) is 3.19. The summed E-state index contributed by atoms with van der Waals surface area (Å²) in [6.07, 6.45) is 3.11. The van der Waals surface area contributed by atoms with E-state index in [-0.39, 0.29) is 11.7 Å². The second kappa shape index (κ2) is 11.1. The molecule has 0 unspecified atom stereocenters. The summed E-state index contributed by atoms with van der Waals surface area (Å²) in [6, 6.07) is 4.58. The molecule has 9 nitrogen and oxygen atoms in total. The maximum Gasteiger partial charge on any atom is 0.328 e. The highest BCUT2D eigenvalue weighted by Crippen LogP contribution is 2.32. The number of likely N-dealkylation sites (tertiary alicyclic amines) is 1. The van der Waals surface area contributed by atoms with Gasteiger partial charge in [0.15, 0.2) is 5.58 Å². The van der Waals surface area contributed by atoms with Gasteiger partial charge in [0.2, 0.25) is 5.91 Å². The largest absolute Gasteiger partial charge is 0.478 e. The highest BCUT2D eigenvalue weighted by molar-refractivity contribution is 5.89. The maximum absolute atomic E-state index is 13.2. The van der Waals surface area contributed by atoms with E-state index in [4.69, 9.17) is 14.7 Å². The summed E-state index contributed by atoms with van der Waals surface area (Å²) in [5, 5.41) is 23.5. The van der Waals surface area contributed by atoms with Gasteiger partial charge in [-0.05, 0) is 38.1 Å². The lowest BCUT2D eigenvalue weighted by atomic mass is 9.91. The predicted octanol–water partition coefficient (Wildman–Crippen LogP) is 1.99. The van der Waals surface area contributed by atoms with Gasteiger partial charge in [-0.15, -0.1) is 0 Å².